The monoisotopic (exact) mass is 281 g/mol. The maximum absolute atomic E-state index is 14.1. The second-order valence-corrected chi connectivity index (χ2v) is 4.81. The average Bonchev–Trinajstić information content (AvgIpc) is 2.53. The third-order valence-corrected chi connectivity index (χ3v) is 3.50. The minimum atomic E-state index is -0.302. The third kappa shape index (κ3) is 2.62. The first-order chi connectivity index (χ1) is 10.3. The maximum atomic E-state index is 14.1. The number of rotatable bonds is 4. The molecule has 0 radical (unpaired) electrons. The van der Waals surface area contributed by atoms with Crippen molar-refractivity contribution in [3.05, 3.63) is 72.1 Å². The van der Waals surface area contributed by atoms with Crippen molar-refractivity contribution in [2.24, 2.45) is 0 Å². The molecule has 0 amide bonds. The summed E-state index contributed by atoms with van der Waals surface area (Å²) in [5, 5.41) is 5.41. The zero-order chi connectivity index (χ0) is 14.7. The van der Waals surface area contributed by atoms with Crippen molar-refractivity contribution in [2.75, 3.05) is 6.54 Å². The van der Waals surface area contributed by atoms with Crippen molar-refractivity contribution in [3.8, 4) is 0 Å². The lowest BCUT2D eigenvalue weighted by molar-refractivity contribution is 0.544. The number of aromatic nitrogens is 2. The van der Waals surface area contributed by atoms with E-state index in [0.29, 0.717) is 5.69 Å². The van der Waals surface area contributed by atoms with E-state index < -0.39 is 0 Å². The van der Waals surface area contributed by atoms with E-state index in [2.05, 4.69) is 15.3 Å². The lowest BCUT2D eigenvalue weighted by Gasteiger charge is -2.20. The predicted octanol–water partition coefficient (Wildman–Crippen LogP) is 3.47. The van der Waals surface area contributed by atoms with Crippen LogP contribution in [-0.2, 0) is 0 Å². The zero-order valence-corrected chi connectivity index (χ0v) is 11.8. The van der Waals surface area contributed by atoms with Crippen molar-refractivity contribution in [2.45, 2.75) is 13.0 Å². The standard InChI is InChI=1S/C17H16FN3/c1-2-20-16(17-15(18)7-4-9-21-17)13-6-3-5-12-8-10-19-11-14(12)13/h3-11,16,20H,2H2,1H3. The molecule has 1 atom stereocenters. The van der Waals surface area contributed by atoms with Gasteiger partial charge >= 0.3 is 0 Å². The molecule has 3 rings (SSSR count). The number of nitrogens with zero attached hydrogens (tertiary/aromatic N) is 2. The minimum absolute atomic E-state index is 0.288. The van der Waals surface area contributed by atoms with E-state index in [1.165, 1.54) is 6.07 Å². The highest BCUT2D eigenvalue weighted by Gasteiger charge is 2.20. The topological polar surface area (TPSA) is 37.8 Å². The van der Waals surface area contributed by atoms with Gasteiger partial charge in [-0.05, 0) is 35.7 Å². The van der Waals surface area contributed by atoms with Gasteiger partial charge in [0.15, 0.2) is 0 Å². The van der Waals surface area contributed by atoms with Gasteiger partial charge in [-0.25, -0.2) is 4.39 Å². The van der Waals surface area contributed by atoms with Gasteiger partial charge in [-0.15, -0.1) is 0 Å². The molecule has 0 aliphatic carbocycles. The maximum Gasteiger partial charge on any atom is 0.146 e. The van der Waals surface area contributed by atoms with Crippen LogP contribution in [0.25, 0.3) is 10.8 Å². The number of hydrogen-bond acceptors (Lipinski definition) is 3. The second kappa shape index (κ2) is 5.97. The SMILES string of the molecule is CCNC(c1ncccc1F)c1cccc2ccncc12. The van der Waals surface area contributed by atoms with Gasteiger partial charge in [0.2, 0.25) is 0 Å². The largest absolute Gasteiger partial charge is 0.305 e. The molecule has 0 aliphatic rings. The summed E-state index contributed by atoms with van der Waals surface area (Å²) in [6.07, 6.45) is 5.19. The Balaban J connectivity index is 2.19. The first kappa shape index (κ1) is 13.6. The van der Waals surface area contributed by atoms with Gasteiger partial charge in [0.25, 0.3) is 0 Å². The highest BCUT2D eigenvalue weighted by Crippen LogP contribution is 2.28. The molecule has 1 aromatic carbocycles. The van der Waals surface area contributed by atoms with Crippen molar-refractivity contribution in [3.63, 3.8) is 0 Å². The molecule has 0 aliphatic heterocycles. The number of nitrogens with one attached hydrogen (secondary N) is 1. The summed E-state index contributed by atoms with van der Waals surface area (Å²) in [6.45, 7) is 2.72. The van der Waals surface area contributed by atoms with Crippen molar-refractivity contribution >= 4 is 10.8 Å². The Bertz CT molecular complexity index is 752. The van der Waals surface area contributed by atoms with Crippen LogP contribution in [0.4, 0.5) is 4.39 Å². The molecule has 21 heavy (non-hydrogen) atoms. The van der Waals surface area contributed by atoms with Crippen LogP contribution >= 0.6 is 0 Å². The molecule has 106 valence electrons. The fourth-order valence-electron chi connectivity index (χ4n) is 2.56. The molecular weight excluding hydrogens is 265 g/mol. The summed E-state index contributed by atoms with van der Waals surface area (Å²) in [5.41, 5.74) is 1.40. The Morgan fingerprint density at radius 3 is 2.86 bits per heavy atom. The fraction of sp³-hybridized carbons (Fsp3) is 0.176. The van der Waals surface area contributed by atoms with Crippen LogP contribution in [0.3, 0.4) is 0 Å². The third-order valence-electron chi connectivity index (χ3n) is 3.50. The Kier molecular flexibility index (Phi) is 3.88. The summed E-state index contributed by atoms with van der Waals surface area (Å²) in [6, 6.07) is 10.7. The molecular formula is C17H16FN3. The molecule has 3 aromatic rings. The van der Waals surface area contributed by atoms with E-state index in [9.17, 15) is 4.39 Å². The van der Waals surface area contributed by atoms with Crippen LogP contribution in [0, 0.1) is 5.82 Å². The van der Waals surface area contributed by atoms with E-state index in [-0.39, 0.29) is 11.9 Å². The van der Waals surface area contributed by atoms with Gasteiger partial charge in [-0.2, -0.15) is 0 Å². The van der Waals surface area contributed by atoms with Crippen LogP contribution in [-0.4, -0.2) is 16.5 Å². The van der Waals surface area contributed by atoms with Gasteiger partial charge in [0.05, 0.1) is 11.7 Å². The zero-order valence-electron chi connectivity index (χ0n) is 11.8. The second-order valence-electron chi connectivity index (χ2n) is 4.81. The summed E-state index contributed by atoms with van der Waals surface area (Å²) in [5.74, 6) is -0.302. The van der Waals surface area contributed by atoms with Crippen molar-refractivity contribution in [1.82, 2.24) is 15.3 Å². The van der Waals surface area contributed by atoms with Crippen LogP contribution in [0.5, 0.6) is 0 Å². The molecule has 1 unspecified atom stereocenters. The van der Waals surface area contributed by atoms with Gasteiger partial charge in [-0.3, -0.25) is 9.97 Å². The Morgan fingerprint density at radius 2 is 2.05 bits per heavy atom. The van der Waals surface area contributed by atoms with Gasteiger partial charge in [-0.1, -0.05) is 25.1 Å². The number of pyridine rings is 2. The number of hydrogen-bond donors (Lipinski definition) is 1. The lowest BCUT2D eigenvalue weighted by atomic mass is 9.97. The van der Waals surface area contributed by atoms with Gasteiger partial charge < -0.3 is 5.32 Å². The molecule has 0 saturated heterocycles. The van der Waals surface area contributed by atoms with Gasteiger partial charge in [0.1, 0.15) is 5.82 Å². The molecule has 0 spiro atoms. The average molecular weight is 281 g/mol. The van der Waals surface area contributed by atoms with Gasteiger partial charge in [0, 0.05) is 24.0 Å². The normalized spacial score (nSPS) is 12.5. The van der Waals surface area contributed by atoms with E-state index in [4.69, 9.17) is 0 Å². The quantitative estimate of drug-likeness (QED) is 0.795. The van der Waals surface area contributed by atoms with Crippen LogP contribution in [0.15, 0.2) is 55.0 Å². The summed E-state index contributed by atoms with van der Waals surface area (Å²) >= 11 is 0. The Morgan fingerprint density at radius 1 is 1.14 bits per heavy atom. The van der Waals surface area contributed by atoms with E-state index in [1.807, 2.05) is 37.4 Å². The number of fused-ring (bicyclic) bond motifs is 1. The summed E-state index contributed by atoms with van der Waals surface area (Å²) in [4.78, 5) is 8.41. The predicted molar refractivity (Wildman–Crippen MR) is 81.5 cm³/mol. The highest BCUT2D eigenvalue weighted by atomic mass is 19.1. The molecule has 4 heteroatoms. The van der Waals surface area contributed by atoms with Crippen LogP contribution in [0.2, 0.25) is 0 Å². The molecule has 0 bridgehead atoms. The smallest absolute Gasteiger partial charge is 0.146 e. The molecule has 3 nitrogen and oxygen atoms in total. The Hall–Kier alpha value is -2.33. The lowest BCUT2D eigenvalue weighted by Crippen LogP contribution is -2.24. The minimum Gasteiger partial charge on any atom is -0.305 e. The first-order valence-electron chi connectivity index (χ1n) is 6.97. The van der Waals surface area contributed by atoms with Crippen LogP contribution in [0.1, 0.15) is 24.2 Å². The van der Waals surface area contributed by atoms with Crippen LogP contribution < -0.4 is 5.32 Å². The first-order valence-corrected chi connectivity index (χ1v) is 6.97. The highest BCUT2D eigenvalue weighted by molar-refractivity contribution is 5.85. The molecule has 2 aromatic heterocycles. The number of benzene rings is 1. The van der Waals surface area contributed by atoms with E-state index in [1.54, 1.807) is 18.5 Å². The molecule has 0 fully saturated rings. The van der Waals surface area contributed by atoms with E-state index >= 15 is 0 Å². The van der Waals surface area contributed by atoms with Crippen molar-refractivity contribution in [1.29, 1.82) is 0 Å². The number of halogens is 1. The molecule has 0 saturated carbocycles. The van der Waals surface area contributed by atoms with Crippen molar-refractivity contribution < 1.29 is 4.39 Å². The molecule has 2 heterocycles. The van der Waals surface area contributed by atoms with E-state index in [0.717, 1.165) is 22.9 Å². The summed E-state index contributed by atoms with van der Waals surface area (Å²) < 4.78 is 14.1. The fourth-order valence-corrected chi connectivity index (χ4v) is 2.56. The molecule has 1 N–H and O–H groups in total. The summed E-state index contributed by atoms with van der Waals surface area (Å²) in [7, 11) is 0. The Labute approximate surface area is 122 Å².